The molecule has 0 bridgehead atoms. The maximum atomic E-state index is 12.6. The van der Waals surface area contributed by atoms with E-state index in [1.165, 1.54) is 0 Å². The summed E-state index contributed by atoms with van der Waals surface area (Å²) in [4.78, 5) is 23.7. The molecule has 0 spiro atoms. The summed E-state index contributed by atoms with van der Waals surface area (Å²) in [5, 5.41) is 3.00. The summed E-state index contributed by atoms with van der Waals surface area (Å²) >= 11 is 0. The van der Waals surface area contributed by atoms with Crippen molar-refractivity contribution in [3.05, 3.63) is 54.0 Å². The van der Waals surface area contributed by atoms with E-state index in [9.17, 15) is 4.79 Å². The maximum Gasteiger partial charge on any atom is 0.321 e. The van der Waals surface area contributed by atoms with Crippen molar-refractivity contribution in [1.82, 2.24) is 19.4 Å². The quantitative estimate of drug-likeness (QED) is 0.749. The van der Waals surface area contributed by atoms with Gasteiger partial charge in [0, 0.05) is 38.1 Å². The standard InChI is InChI=1S/C21H25N5O2/c1-15-5-3-6-16(13-15)23-21(27)25-11-8-17(9-12-25)26-19(14-28-2)24-18-7-4-10-22-20(18)26/h3-7,10,13,17H,8-9,11-12,14H2,1-2H3,(H,23,27). The van der Waals surface area contributed by atoms with Crippen LogP contribution in [-0.2, 0) is 11.3 Å². The summed E-state index contributed by atoms with van der Waals surface area (Å²) in [6.45, 7) is 3.86. The first-order chi connectivity index (χ1) is 13.7. The van der Waals surface area contributed by atoms with E-state index in [0.717, 1.165) is 41.1 Å². The average molecular weight is 379 g/mol. The molecule has 1 aliphatic heterocycles. The van der Waals surface area contributed by atoms with Crippen molar-refractivity contribution in [3.8, 4) is 0 Å². The lowest BCUT2D eigenvalue weighted by Crippen LogP contribution is -2.41. The summed E-state index contributed by atoms with van der Waals surface area (Å²) < 4.78 is 7.53. The van der Waals surface area contributed by atoms with Crippen molar-refractivity contribution >= 4 is 22.9 Å². The SMILES string of the molecule is COCc1nc2cccnc2n1C1CCN(C(=O)Nc2cccc(C)c2)CC1. The Hall–Kier alpha value is -2.93. The van der Waals surface area contributed by atoms with Crippen LogP contribution < -0.4 is 5.32 Å². The van der Waals surface area contributed by atoms with Gasteiger partial charge in [0.1, 0.15) is 17.9 Å². The van der Waals surface area contributed by atoms with Crippen molar-refractivity contribution in [2.24, 2.45) is 0 Å². The number of aromatic nitrogens is 3. The summed E-state index contributed by atoms with van der Waals surface area (Å²) in [6.07, 6.45) is 3.52. The lowest BCUT2D eigenvalue weighted by atomic mass is 10.0. The van der Waals surface area contributed by atoms with E-state index in [4.69, 9.17) is 4.74 Å². The minimum atomic E-state index is -0.0465. The van der Waals surface area contributed by atoms with Gasteiger partial charge in [-0.15, -0.1) is 0 Å². The summed E-state index contributed by atoms with van der Waals surface area (Å²) in [5.74, 6) is 0.888. The summed E-state index contributed by atoms with van der Waals surface area (Å²) in [7, 11) is 1.68. The van der Waals surface area contributed by atoms with Crippen LogP contribution in [0, 0.1) is 6.92 Å². The van der Waals surface area contributed by atoms with Crippen molar-refractivity contribution in [2.45, 2.75) is 32.4 Å². The van der Waals surface area contributed by atoms with Crippen LogP contribution in [0.5, 0.6) is 0 Å². The molecule has 1 N–H and O–H groups in total. The number of piperidine rings is 1. The number of rotatable bonds is 4. The molecule has 3 aromatic rings. The Morgan fingerprint density at radius 3 is 2.82 bits per heavy atom. The summed E-state index contributed by atoms with van der Waals surface area (Å²) in [6, 6.07) is 11.9. The Morgan fingerprint density at radius 1 is 1.25 bits per heavy atom. The van der Waals surface area contributed by atoms with Gasteiger partial charge in [-0.3, -0.25) is 0 Å². The molecular weight excluding hydrogens is 354 g/mol. The van der Waals surface area contributed by atoms with E-state index >= 15 is 0 Å². The number of aryl methyl sites for hydroxylation is 1. The number of carbonyl (C=O) groups excluding carboxylic acids is 1. The number of ether oxygens (including phenoxy) is 1. The van der Waals surface area contributed by atoms with Gasteiger partial charge >= 0.3 is 6.03 Å². The molecule has 0 unspecified atom stereocenters. The van der Waals surface area contributed by atoms with E-state index in [1.54, 1.807) is 13.3 Å². The number of methoxy groups -OCH3 is 1. The first-order valence-electron chi connectivity index (χ1n) is 9.59. The number of imidazole rings is 1. The number of amides is 2. The fraction of sp³-hybridized carbons (Fsp3) is 0.381. The first kappa shape index (κ1) is 18.4. The van der Waals surface area contributed by atoms with Crippen LogP contribution in [0.25, 0.3) is 11.2 Å². The van der Waals surface area contributed by atoms with Gasteiger partial charge in [-0.1, -0.05) is 12.1 Å². The van der Waals surface area contributed by atoms with Gasteiger partial charge in [0.15, 0.2) is 5.65 Å². The highest BCUT2D eigenvalue weighted by Crippen LogP contribution is 2.28. The second kappa shape index (κ2) is 7.98. The second-order valence-electron chi connectivity index (χ2n) is 7.20. The third-order valence-corrected chi connectivity index (χ3v) is 5.18. The van der Waals surface area contributed by atoms with E-state index in [2.05, 4.69) is 19.9 Å². The van der Waals surface area contributed by atoms with E-state index in [-0.39, 0.29) is 12.1 Å². The fourth-order valence-electron chi connectivity index (χ4n) is 3.84. The normalized spacial score (nSPS) is 15.1. The number of hydrogen-bond donors (Lipinski definition) is 1. The Bertz CT molecular complexity index is 976. The number of anilines is 1. The molecule has 0 atom stereocenters. The highest BCUT2D eigenvalue weighted by molar-refractivity contribution is 5.89. The molecule has 2 amide bonds. The maximum absolute atomic E-state index is 12.6. The zero-order valence-electron chi connectivity index (χ0n) is 16.3. The van der Waals surface area contributed by atoms with Crippen molar-refractivity contribution in [2.75, 3.05) is 25.5 Å². The van der Waals surface area contributed by atoms with Crippen LogP contribution >= 0.6 is 0 Å². The zero-order chi connectivity index (χ0) is 19.5. The monoisotopic (exact) mass is 379 g/mol. The lowest BCUT2D eigenvalue weighted by Gasteiger charge is -2.33. The molecule has 2 aromatic heterocycles. The minimum Gasteiger partial charge on any atom is -0.377 e. The summed E-state index contributed by atoms with van der Waals surface area (Å²) in [5.41, 5.74) is 3.73. The van der Waals surface area contributed by atoms with E-state index in [1.807, 2.05) is 48.2 Å². The van der Waals surface area contributed by atoms with Gasteiger partial charge in [0.05, 0.1) is 0 Å². The molecule has 0 saturated carbocycles. The van der Waals surface area contributed by atoms with Gasteiger partial charge in [-0.05, 0) is 49.6 Å². The molecule has 1 saturated heterocycles. The molecule has 146 valence electrons. The molecular formula is C21H25N5O2. The molecule has 1 aromatic carbocycles. The molecule has 28 heavy (non-hydrogen) atoms. The second-order valence-corrected chi connectivity index (χ2v) is 7.20. The Balaban J connectivity index is 1.46. The molecule has 0 radical (unpaired) electrons. The molecule has 3 heterocycles. The topological polar surface area (TPSA) is 72.3 Å². The highest BCUT2D eigenvalue weighted by atomic mass is 16.5. The molecule has 4 rings (SSSR count). The Kier molecular flexibility index (Phi) is 5.25. The number of fused-ring (bicyclic) bond motifs is 1. The number of nitrogens with zero attached hydrogens (tertiary/aromatic N) is 4. The predicted octanol–water partition coefficient (Wildman–Crippen LogP) is 3.76. The molecule has 7 nitrogen and oxygen atoms in total. The van der Waals surface area contributed by atoms with Crippen LogP contribution in [0.2, 0.25) is 0 Å². The third kappa shape index (κ3) is 3.71. The zero-order valence-corrected chi connectivity index (χ0v) is 16.3. The number of benzene rings is 1. The smallest absolute Gasteiger partial charge is 0.321 e. The third-order valence-electron chi connectivity index (χ3n) is 5.18. The van der Waals surface area contributed by atoms with Gasteiger partial charge in [-0.25, -0.2) is 14.8 Å². The van der Waals surface area contributed by atoms with Gasteiger partial charge < -0.3 is 19.5 Å². The number of pyridine rings is 1. The first-order valence-corrected chi connectivity index (χ1v) is 9.59. The van der Waals surface area contributed by atoms with Gasteiger partial charge in [0.25, 0.3) is 0 Å². The van der Waals surface area contributed by atoms with Crippen LogP contribution in [0.3, 0.4) is 0 Å². The van der Waals surface area contributed by atoms with Crippen LogP contribution in [0.15, 0.2) is 42.6 Å². The van der Waals surface area contributed by atoms with Crippen LogP contribution in [0.1, 0.15) is 30.3 Å². The van der Waals surface area contributed by atoms with E-state index < -0.39 is 0 Å². The molecule has 0 aliphatic carbocycles. The van der Waals surface area contributed by atoms with Crippen molar-refractivity contribution in [1.29, 1.82) is 0 Å². The largest absolute Gasteiger partial charge is 0.377 e. The van der Waals surface area contributed by atoms with Crippen LogP contribution in [0.4, 0.5) is 10.5 Å². The Morgan fingerprint density at radius 2 is 2.07 bits per heavy atom. The lowest BCUT2D eigenvalue weighted by molar-refractivity contribution is 0.162. The Labute approximate surface area is 164 Å². The molecule has 7 heteroatoms. The van der Waals surface area contributed by atoms with Gasteiger partial charge in [0.2, 0.25) is 0 Å². The average Bonchev–Trinajstić information content (AvgIpc) is 3.06. The number of carbonyl (C=O) groups is 1. The predicted molar refractivity (Wildman–Crippen MR) is 108 cm³/mol. The molecule has 1 fully saturated rings. The number of urea groups is 1. The number of likely N-dealkylation sites (tertiary alicyclic amines) is 1. The van der Waals surface area contributed by atoms with Gasteiger partial charge in [-0.2, -0.15) is 0 Å². The van der Waals surface area contributed by atoms with E-state index in [0.29, 0.717) is 19.7 Å². The van der Waals surface area contributed by atoms with Crippen molar-refractivity contribution in [3.63, 3.8) is 0 Å². The fourth-order valence-corrected chi connectivity index (χ4v) is 3.84. The van der Waals surface area contributed by atoms with Crippen LogP contribution in [-0.4, -0.2) is 45.7 Å². The number of nitrogens with one attached hydrogen (secondary N) is 1. The highest BCUT2D eigenvalue weighted by Gasteiger charge is 2.27. The minimum absolute atomic E-state index is 0.0465. The molecule has 1 aliphatic rings. The number of hydrogen-bond acceptors (Lipinski definition) is 4. The van der Waals surface area contributed by atoms with Crippen molar-refractivity contribution < 1.29 is 9.53 Å².